The molecular weight excluding hydrogens is 374 g/mol. The summed E-state index contributed by atoms with van der Waals surface area (Å²) < 4.78 is 0. The van der Waals surface area contributed by atoms with Crippen LogP contribution in [0, 0.1) is 6.92 Å². The summed E-state index contributed by atoms with van der Waals surface area (Å²) in [4.78, 5) is 17.7. The number of fused-ring (bicyclic) bond motifs is 1. The van der Waals surface area contributed by atoms with E-state index in [-0.39, 0.29) is 5.96 Å². The molecule has 0 aliphatic heterocycles. The van der Waals surface area contributed by atoms with Crippen molar-refractivity contribution in [2.24, 2.45) is 16.5 Å². The summed E-state index contributed by atoms with van der Waals surface area (Å²) in [5, 5.41) is 4.53. The molecule has 3 rings (SSSR count). The molecule has 156 valence electrons. The van der Waals surface area contributed by atoms with Gasteiger partial charge in [-0.05, 0) is 56.2 Å². The monoisotopic (exact) mass is 403 g/mol. The quantitative estimate of drug-likeness (QED) is 0.270. The number of aromatic nitrogens is 3. The minimum absolute atomic E-state index is 0.162. The number of pyridine rings is 1. The maximum Gasteiger partial charge on any atom is 0.185 e. The van der Waals surface area contributed by atoms with Crippen molar-refractivity contribution >= 4 is 34.8 Å². The molecule has 0 amide bonds. The van der Waals surface area contributed by atoms with Gasteiger partial charge in [0.15, 0.2) is 11.8 Å². The number of anilines is 1. The zero-order valence-corrected chi connectivity index (χ0v) is 17.4. The van der Waals surface area contributed by atoms with Gasteiger partial charge in [-0.2, -0.15) is 0 Å². The van der Waals surface area contributed by atoms with Gasteiger partial charge in [0.1, 0.15) is 5.82 Å². The Morgan fingerprint density at radius 1 is 1.03 bits per heavy atom. The predicted molar refractivity (Wildman–Crippen MR) is 125 cm³/mol. The smallest absolute Gasteiger partial charge is 0.185 e. The molecule has 0 radical (unpaired) electrons. The number of nitrogens with two attached hydrogens (primary N) is 2. The average Bonchev–Trinajstić information content (AvgIpc) is 2.75. The molecule has 0 aliphatic carbocycles. The van der Waals surface area contributed by atoms with Gasteiger partial charge in [-0.25, -0.2) is 9.97 Å². The van der Waals surface area contributed by atoms with Crippen molar-refractivity contribution in [1.82, 2.24) is 15.0 Å². The molecule has 0 saturated heterocycles. The largest absolute Gasteiger partial charge is 0.370 e. The van der Waals surface area contributed by atoms with Crippen LogP contribution in [0.2, 0.25) is 0 Å². The second-order valence-electron chi connectivity index (χ2n) is 7.19. The summed E-state index contributed by atoms with van der Waals surface area (Å²) >= 11 is 0. The van der Waals surface area contributed by atoms with E-state index in [9.17, 15) is 0 Å². The van der Waals surface area contributed by atoms with Gasteiger partial charge in [0.05, 0.1) is 11.2 Å². The van der Waals surface area contributed by atoms with Crippen LogP contribution in [0.3, 0.4) is 0 Å². The lowest BCUT2D eigenvalue weighted by Gasteiger charge is -2.10. The third-order valence-electron chi connectivity index (χ3n) is 4.63. The number of hydrogen-bond donors (Lipinski definition) is 3. The lowest BCUT2D eigenvalue weighted by molar-refractivity contribution is 0.661. The molecule has 0 bridgehead atoms. The van der Waals surface area contributed by atoms with E-state index in [4.69, 9.17) is 16.5 Å². The zero-order valence-electron chi connectivity index (χ0n) is 17.4. The van der Waals surface area contributed by atoms with Crippen LogP contribution in [-0.2, 0) is 0 Å². The number of aliphatic imine (C=N–C) groups is 1. The van der Waals surface area contributed by atoms with Crippen LogP contribution in [0.15, 0.2) is 47.6 Å². The van der Waals surface area contributed by atoms with Crippen LogP contribution in [0.25, 0.3) is 23.1 Å². The third kappa shape index (κ3) is 6.55. The van der Waals surface area contributed by atoms with E-state index in [2.05, 4.69) is 39.3 Å². The molecule has 0 atom stereocenters. The first-order valence-corrected chi connectivity index (χ1v) is 10.3. The normalized spacial score (nSPS) is 11.1. The molecule has 2 aromatic heterocycles. The molecule has 7 heteroatoms. The van der Waals surface area contributed by atoms with Crippen molar-refractivity contribution in [2.45, 2.75) is 32.6 Å². The Labute approximate surface area is 177 Å². The number of benzene rings is 1. The minimum Gasteiger partial charge on any atom is -0.370 e. The molecule has 0 unspecified atom stereocenters. The van der Waals surface area contributed by atoms with Gasteiger partial charge in [-0.1, -0.05) is 30.5 Å². The Morgan fingerprint density at radius 3 is 2.70 bits per heavy atom. The number of unbranched alkanes of at least 4 members (excludes halogenated alkanes) is 3. The van der Waals surface area contributed by atoms with Crippen molar-refractivity contribution in [3.63, 3.8) is 0 Å². The first-order valence-electron chi connectivity index (χ1n) is 10.3. The third-order valence-corrected chi connectivity index (χ3v) is 4.63. The first-order chi connectivity index (χ1) is 14.6. The Hall–Kier alpha value is -3.48. The van der Waals surface area contributed by atoms with Gasteiger partial charge >= 0.3 is 0 Å². The van der Waals surface area contributed by atoms with Crippen molar-refractivity contribution in [2.75, 3.05) is 18.4 Å². The van der Waals surface area contributed by atoms with Gasteiger partial charge < -0.3 is 16.8 Å². The van der Waals surface area contributed by atoms with E-state index in [0.29, 0.717) is 12.4 Å². The Balaban J connectivity index is 1.65. The fraction of sp³-hybridized carbons (Fsp3) is 0.304. The number of guanidine groups is 1. The summed E-state index contributed by atoms with van der Waals surface area (Å²) in [5.74, 6) is 1.69. The summed E-state index contributed by atoms with van der Waals surface area (Å²) in [6.07, 6.45) is 9.86. The molecule has 0 fully saturated rings. The van der Waals surface area contributed by atoms with E-state index in [1.54, 1.807) is 6.20 Å². The van der Waals surface area contributed by atoms with Gasteiger partial charge in [-0.3, -0.25) is 9.98 Å². The topological polar surface area (TPSA) is 115 Å². The summed E-state index contributed by atoms with van der Waals surface area (Å²) in [5.41, 5.74) is 13.7. The second-order valence-corrected chi connectivity index (χ2v) is 7.19. The van der Waals surface area contributed by atoms with Gasteiger partial charge in [0, 0.05) is 24.7 Å². The number of hydrogen-bond acceptors (Lipinski definition) is 5. The molecule has 7 nitrogen and oxygen atoms in total. The lowest BCUT2D eigenvalue weighted by atomic mass is 10.1. The molecule has 3 aromatic rings. The molecule has 0 aliphatic rings. The molecule has 0 saturated carbocycles. The van der Waals surface area contributed by atoms with Crippen LogP contribution in [-0.4, -0.2) is 34.0 Å². The zero-order chi connectivity index (χ0) is 21.2. The van der Waals surface area contributed by atoms with Gasteiger partial charge in [0.2, 0.25) is 0 Å². The Kier molecular flexibility index (Phi) is 7.71. The molecule has 1 aromatic carbocycles. The van der Waals surface area contributed by atoms with Gasteiger partial charge in [0.25, 0.3) is 0 Å². The fourth-order valence-corrected chi connectivity index (χ4v) is 3.11. The Morgan fingerprint density at radius 2 is 1.90 bits per heavy atom. The van der Waals surface area contributed by atoms with Crippen LogP contribution < -0.4 is 16.8 Å². The van der Waals surface area contributed by atoms with Crippen molar-refractivity contribution < 1.29 is 0 Å². The van der Waals surface area contributed by atoms with Gasteiger partial charge in [-0.15, -0.1) is 0 Å². The first kappa shape index (κ1) is 21.2. The molecule has 5 N–H and O–H groups in total. The number of nitrogens with zero attached hydrogens (tertiary/aromatic N) is 4. The van der Waals surface area contributed by atoms with Crippen LogP contribution >= 0.6 is 0 Å². The predicted octanol–water partition coefficient (Wildman–Crippen LogP) is 3.75. The van der Waals surface area contributed by atoms with E-state index in [0.717, 1.165) is 54.6 Å². The number of rotatable bonds is 10. The minimum atomic E-state index is 0.162. The molecule has 30 heavy (non-hydrogen) atoms. The van der Waals surface area contributed by atoms with Crippen LogP contribution in [0.1, 0.15) is 42.8 Å². The highest BCUT2D eigenvalue weighted by Crippen LogP contribution is 2.22. The number of aryl methyl sites for hydroxylation is 1. The summed E-state index contributed by atoms with van der Waals surface area (Å²) in [6, 6.07) is 12.0. The van der Waals surface area contributed by atoms with Crippen LogP contribution in [0.5, 0.6) is 0 Å². The fourth-order valence-electron chi connectivity index (χ4n) is 3.11. The summed E-state index contributed by atoms with van der Waals surface area (Å²) in [6.45, 7) is 3.62. The highest BCUT2D eigenvalue weighted by molar-refractivity contribution is 5.90. The maximum absolute atomic E-state index is 5.34. The Bertz CT molecular complexity index is 1010. The highest BCUT2D eigenvalue weighted by Gasteiger charge is 2.07. The lowest BCUT2D eigenvalue weighted by Crippen LogP contribution is -2.22. The number of nitrogens with one attached hydrogen (secondary N) is 1. The van der Waals surface area contributed by atoms with E-state index in [1.165, 1.54) is 5.56 Å². The molecular formula is C23H29N7. The van der Waals surface area contributed by atoms with Crippen molar-refractivity contribution in [1.29, 1.82) is 0 Å². The standard InChI is InChI=1S/C23H29N7/c1-17-9-11-20-19(16-17)22(27-14-5-2-3-6-15-28-23(24)25)30-21(29-20)12-10-18-8-4-7-13-26-18/h4,7-13,16H,2-3,5-6,14-15H2,1H3,(H4,24,25,28)(H,27,29,30). The average molecular weight is 404 g/mol. The second kappa shape index (κ2) is 10.9. The SMILES string of the molecule is Cc1ccc2nc(C=Cc3ccccn3)nc(NCCCCCCN=C(N)N)c2c1. The van der Waals surface area contributed by atoms with E-state index < -0.39 is 0 Å². The van der Waals surface area contributed by atoms with Crippen LogP contribution in [0.4, 0.5) is 5.82 Å². The van der Waals surface area contributed by atoms with Crippen molar-refractivity contribution in [3.05, 3.63) is 59.7 Å². The maximum atomic E-state index is 5.34. The summed E-state index contributed by atoms with van der Waals surface area (Å²) in [7, 11) is 0. The highest BCUT2D eigenvalue weighted by atomic mass is 15.0. The van der Waals surface area contributed by atoms with Crippen molar-refractivity contribution in [3.8, 4) is 0 Å². The molecule has 2 heterocycles. The molecule has 0 spiro atoms. The van der Waals surface area contributed by atoms with E-state index in [1.807, 2.05) is 36.4 Å². The van der Waals surface area contributed by atoms with E-state index >= 15 is 0 Å².